The smallest absolute Gasteiger partial charge is 0.263 e. The minimum Gasteiger partial charge on any atom is -0.381 e. The summed E-state index contributed by atoms with van der Waals surface area (Å²) < 4.78 is 26.4. The molecule has 19 heavy (non-hydrogen) atoms. The van der Waals surface area contributed by atoms with Crippen LogP contribution in [0.2, 0.25) is 0 Å². The van der Waals surface area contributed by atoms with Gasteiger partial charge in [-0.15, -0.1) is 0 Å². The van der Waals surface area contributed by atoms with Crippen LogP contribution in [0.5, 0.6) is 0 Å². The maximum absolute atomic E-state index is 12.6. The summed E-state index contributed by atoms with van der Waals surface area (Å²) >= 11 is 2.26. The Bertz CT molecular complexity index is 570. The Balaban J connectivity index is 2.08. The fourth-order valence-corrected chi connectivity index (χ4v) is 2.51. The average molecular weight is 373 g/mol. The lowest BCUT2D eigenvalue weighted by molar-refractivity contribution is 0.151. The number of halogens is 3. The molecule has 0 bridgehead atoms. The standard InChI is InChI=1S/C15H14F2IN/c1-10-7-13(18)5-6-14(10)19-9-11-3-2-4-12(8-11)15(16)17/h2-8,15,19H,9H2,1H3. The van der Waals surface area contributed by atoms with E-state index in [2.05, 4.69) is 34.0 Å². The van der Waals surface area contributed by atoms with Crippen LogP contribution < -0.4 is 5.32 Å². The second-order valence-corrected chi connectivity index (χ2v) is 5.60. The first-order chi connectivity index (χ1) is 9.06. The predicted octanol–water partition coefficient (Wildman–Crippen LogP) is 5.15. The third-order valence-electron chi connectivity index (χ3n) is 2.87. The van der Waals surface area contributed by atoms with Crippen LogP contribution in [0.25, 0.3) is 0 Å². The Morgan fingerprint density at radius 2 is 1.95 bits per heavy atom. The molecule has 2 aromatic rings. The van der Waals surface area contributed by atoms with E-state index >= 15 is 0 Å². The second-order valence-electron chi connectivity index (χ2n) is 4.36. The van der Waals surface area contributed by atoms with E-state index in [1.165, 1.54) is 9.64 Å². The molecule has 0 aliphatic carbocycles. The molecule has 0 amide bonds. The van der Waals surface area contributed by atoms with Crippen molar-refractivity contribution in [3.05, 3.63) is 62.7 Å². The normalized spacial score (nSPS) is 10.8. The Morgan fingerprint density at radius 3 is 2.63 bits per heavy atom. The van der Waals surface area contributed by atoms with Crippen molar-refractivity contribution in [1.29, 1.82) is 0 Å². The van der Waals surface area contributed by atoms with E-state index in [1.54, 1.807) is 12.1 Å². The van der Waals surface area contributed by atoms with Crippen LogP contribution in [0.4, 0.5) is 14.5 Å². The van der Waals surface area contributed by atoms with E-state index in [0.717, 1.165) is 16.8 Å². The zero-order valence-corrected chi connectivity index (χ0v) is 12.6. The molecule has 0 aliphatic heterocycles. The van der Waals surface area contributed by atoms with Gasteiger partial charge >= 0.3 is 0 Å². The first-order valence-electron chi connectivity index (χ1n) is 5.93. The van der Waals surface area contributed by atoms with Crippen LogP contribution in [-0.2, 0) is 6.54 Å². The summed E-state index contributed by atoms with van der Waals surface area (Å²) in [7, 11) is 0. The molecule has 0 spiro atoms. The Kier molecular flexibility index (Phi) is 4.74. The highest BCUT2D eigenvalue weighted by molar-refractivity contribution is 14.1. The molecule has 100 valence electrons. The largest absolute Gasteiger partial charge is 0.381 e. The van der Waals surface area contributed by atoms with Crippen molar-refractivity contribution < 1.29 is 8.78 Å². The SMILES string of the molecule is Cc1cc(I)ccc1NCc1cccc(C(F)F)c1. The molecular formula is C15H14F2IN. The molecule has 2 rings (SSSR count). The molecule has 0 saturated carbocycles. The lowest BCUT2D eigenvalue weighted by atomic mass is 10.1. The molecule has 4 heteroatoms. The van der Waals surface area contributed by atoms with Crippen molar-refractivity contribution in [3.63, 3.8) is 0 Å². The van der Waals surface area contributed by atoms with Gasteiger partial charge in [-0.05, 0) is 64.9 Å². The summed E-state index contributed by atoms with van der Waals surface area (Å²) in [6.45, 7) is 2.57. The summed E-state index contributed by atoms with van der Waals surface area (Å²) in [6, 6.07) is 12.6. The summed E-state index contributed by atoms with van der Waals surface area (Å²) in [6.07, 6.45) is -2.42. The van der Waals surface area contributed by atoms with Gasteiger partial charge in [0.2, 0.25) is 0 Å². The van der Waals surface area contributed by atoms with Gasteiger partial charge in [-0.1, -0.05) is 18.2 Å². The number of aryl methyl sites for hydroxylation is 1. The first-order valence-corrected chi connectivity index (χ1v) is 7.01. The van der Waals surface area contributed by atoms with E-state index in [-0.39, 0.29) is 5.56 Å². The average Bonchev–Trinajstić information content (AvgIpc) is 2.38. The number of anilines is 1. The summed E-state index contributed by atoms with van der Waals surface area (Å²) in [5.74, 6) is 0. The van der Waals surface area contributed by atoms with Gasteiger partial charge in [0.05, 0.1) is 0 Å². The first kappa shape index (κ1) is 14.2. The van der Waals surface area contributed by atoms with E-state index in [1.807, 2.05) is 25.1 Å². The fourth-order valence-electron chi connectivity index (χ4n) is 1.86. The second kappa shape index (κ2) is 6.32. The molecule has 1 N–H and O–H groups in total. The van der Waals surface area contributed by atoms with Gasteiger partial charge in [-0.3, -0.25) is 0 Å². The minimum atomic E-state index is -2.42. The number of nitrogens with one attached hydrogen (secondary N) is 1. The van der Waals surface area contributed by atoms with Crippen LogP contribution >= 0.6 is 22.6 Å². The lowest BCUT2D eigenvalue weighted by Crippen LogP contribution is -2.01. The van der Waals surface area contributed by atoms with Gasteiger partial charge in [0.25, 0.3) is 6.43 Å². The minimum absolute atomic E-state index is 0.0682. The van der Waals surface area contributed by atoms with E-state index in [0.29, 0.717) is 6.54 Å². The number of hydrogen-bond acceptors (Lipinski definition) is 1. The predicted molar refractivity (Wildman–Crippen MR) is 82.6 cm³/mol. The number of benzene rings is 2. The molecule has 0 saturated heterocycles. The van der Waals surface area contributed by atoms with Crippen molar-refractivity contribution in [2.24, 2.45) is 0 Å². The van der Waals surface area contributed by atoms with Crippen molar-refractivity contribution in [3.8, 4) is 0 Å². The van der Waals surface area contributed by atoms with Gasteiger partial charge in [0.15, 0.2) is 0 Å². The highest BCUT2D eigenvalue weighted by Gasteiger charge is 2.07. The van der Waals surface area contributed by atoms with Crippen molar-refractivity contribution >= 4 is 28.3 Å². The van der Waals surface area contributed by atoms with Crippen LogP contribution in [0, 0.1) is 10.5 Å². The highest BCUT2D eigenvalue weighted by Crippen LogP contribution is 2.21. The number of alkyl halides is 2. The van der Waals surface area contributed by atoms with Crippen LogP contribution in [0.3, 0.4) is 0 Å². The van der Waals surface area contributed by atoms with Crippen LogP contribution in [-0.4, -0.2) is 0 Å². The Hall–Kier alpha value is -1.17. The summed E-state index contributed by atoms with van der Waals surface area (Å²) in [5.41, 5.74) is 3.11. The molecule has 0 atom stereocenters. The summed E-state index contributed by atoms with van der Waals surface area (Å²) in [5, 5.41) is 3.27. The molecule has 0 aliphatic rings. The highest BCUT2D eigenvalue weighted by atomic mass is 127. The third-order valence-corrected chi connectivity index (χ3v) is 3.55. The zero-order chi connectivity index (χ0) is 13.8. The van der Waals surface area contributed by atoms with Gasteiger partial charge < -0.3 is 5.32 Å². The summed E-state index contributed by atoms with van der Waals surface area (Å²) in [4.78, 5) is 0. The number of hydrogen-bond donors (Lipinski definition) is 1. The molecule has 0 unspecified atom stereocenters. The maximum atomic E-state index is 12.6. The molecule has 0 fully saturated rings. The quantitative estimate of drug-likeness (QED) is 0.731. The van der Waals surface area contributed by atoms with Crippen LogP contribution in [0.15, 0.2) is 42.5 Å². The van der Waals surface area contributed by atoms with E-state index < -0.39 is 6.43 Å². The molecule has 0 radical (unpaired) electrons. The number of rotatable bonds is 4. The zero-order valence-electron chi connectivity index (χ0n) is 10.5. The molecule has 2 aromatic carbocycles. The Labute approximate surface area is 125 Å². The molecule has 0 heterocycles. The van der Waals surface area contributed by atoms with Crippen molar-refractivity contribution in [2.75, 3.05) is 5.32 Å². The molecular weight excluding hydrogens is 359 g/mol. The lowest BCUT2D eigenvalue weighted by Gasteiger charge is -2.11. The maximum Gasteiger partial charge on any atom is 0.263 e. The van der Waals surface area contributed by atoms with Gasteiger partial charge in [-0.25, -0.2) is 8.78 Å². The van der Waals surface area contributed by atoms with Crippen LogP contribution in [0.1, 0.15) is 23.1 Å². The van der Waals surface area contributed by atoms with E-state index in [4.69, 9.17) is 0 Å². The fraction of sp³-hybridized carbons (Fsp3) is 0.200. The van der Waals surface area contributed by atoms with Gasteiger partial charge in [0, 0.05) is 21.4 Å². The van der Waals surface area contributed by atoms with Gasteiger partial charge in [0.1, 0.15) is 0 Å². The third kappa shape index (κ3) is 3.89. The van der Waals surface area contributed by atoms with Gasteiger partial charge in [-0.2, -0.15) is 0 Å². The Morgan fingerprint density at radius 1 is 1.16 bits per heavy atom. The van der Waals surface area contributed by atoms with Crippen molar-refractivity contribution in [2.45, 2.75) is 19.9 Å². The molecule has 1 nitrogen and oxygen atoms in total. The van der Waals surface area contributed by atoms with Crippen molar-refractivity contribution in [1.82, 2.24) is 0 Å². The van der Waals surface area contributed by atoms with E-state index in [9.17, 15) is 8.78 Å². The molecule has 0 aromatic heterocycles. The topological polar surface area (TPSA) is 12.0 Å². The monoisotopic (exact) mass is 373 g/mol.